The third-order valence-corrected chi connectivity index (χ3v) is 5.74. The lowest BCUT2D eigenvalue weighted by molar-refractivity contribution is -0.140. The number of carbonyl (C=O) groups is 2. The zero-order chi connectivity index (χ0) is 21.6. The zero-order valence-corrected chi connectivity index (χ0v) is 16.3. The van der Waals surface area contributed by atoms with E-state index in [4.69, 9.17) is 0 Å². The van der Waals surface area contributed by atoms with Crippen molar-refractivity contribution < 1.29 is 19.8 Å². The van der Waals surface area contributed by atoms with E-state index in [1.54, 1.807) is 23.0 Å². The Hall–Kier alpha value is -4.20. The fourth-order valence-corrected chi connectivity index (χ4v) is 3.88. The molecule has 1 amide bonds. The number of carboxylic acids is 1. The van der Waals surface area contributed by atoms with Crippen molar-refractivity contribution in [2.75, 3.05) is 5.32 Å². The molecule has 1 aliphatic carbocycles. The summed E-state index contributed by atoms with van der Waals surface area (Å²) >= 11 is 0. The van der Waals surface area contributed by atoms with Crippen LogP contribution in [0.4, 0.5) is 10.6 Å². The molecule has 8 nitrogen and oxygen atoms in total. The number of hydrogen-bond acceptors (Lipinski definition) is 4. The minimum absolute atomic E-state index is 0.352. The molecule has 2 aromatic carbocycles. The normalized spacial score (nSPS) is 14.3. The van der Waals surface area contributed by atoms with Crippen molar-refractivity contribution in [2.24, 2.45) is 0 Å². The number of aliphatic carboxylic acids is 1. The Morgan fingerprint density at radius 2 is 1.55 bits per heavy atom. The second-order valence-corrected chi connectivity index (χ2v) is 7.59. The predicted octanol–water partition coefficient (Wildman–Crippen LogP) is 4.27. The number of imidazole rings is 1. The number of carboxylic acid groups (broad SMARTS) is 2. The van der Waals surface area contributed by atoms with E-state index < -0.39 is 17.5 Å². The van der Waals surface area contributed by atoms with Gasteiger partial charge in [0.15, 0.2) is 5.65 Å². The van der Waals surface area contributed by atoms with Crippen LogP contribution in [0.15, 0.2) is 67.1 Å². The highest BCUT2D eigenvalue weighted by molar-refractivity contribution is 5.89. The fourth-order valence-electron chi connectivity index (χ4n) is 3.88. The van der Waals surface area contributed by atoms with Crippen LogP contribution >= 0.6 is 0 Å². The van der Waals surface area contributed by atoms with Crippen molar-refractivity contribution in [1.82, 2.24) is 14.4 Å². The molecule has 31 heavy (non-hydrogen) atoms. The van der Waals surface area contributed by atoms with E-state index in [2.05, 4.69) is 15.3 Å². The largest absolute Gasteiger partial charge is 0.481 e. The first kappa shape index (κ1) is 18.8. The third-order valence-electron chi connectivity index (χ3n) is 5.74. The highest BCUT2D eigenvalue weighted by Gasteiger charge is 2.51. The van der Waals surface area contributed by atoms with Gasteiger partial charge in [0, 0.05) is 18.0 Å². The second kappa shape index (κ2) is 6.94. The van der Waals surface area contributed by atoms with Gasteiger partial charge in [0.2, 0.25) is 0 Å². The molecule has 0 spiro atoms. The maximum atomic E-state index is 11.5. The molecule has 0 radical (unpaired) electrons. The van der Waals surface area contributed by atoms with Crippen molar-refractivity contribution in [1.29, 1.82) is 0 Å². The van der Waals surface area contributed by atoms with E-state index in [9.17, 15) is 19.8 Å². The number of benzene rings is 2. The van der Waals surface area contributed by atoms with Crippen molar-refractivity contribution in [3.8, 4) is 22.4 Å². The first-order valence-corrected chi connectivity index (χ1v) is 9.75. The van der Waals surface area contributed by atoms with Crippen molar-refractivity contribution in [3.63, 3.8) is 0 Å². The molecule has 0 unspecified atom stereocenters. The number of rotatable bonds is 5. The molecule has 154 valence electrons. The lowest BCUT2D eigenvalue weighted by Crippen LogP contribution is -2.19. The van der Waals surface area contributed by atoms with Gasteiger partial charge in [0.05, 0.1) is 11.6 Å². The number of anilines is 1. The predicted molar refractivity (Wildman–Crippen MR) is 114 cm³/mol. The van der Waals surface area contributed by atoms with Gasteiger partial charge >= 0.3 is 12.1 Å². The summed E-state index contributed by atoms with van der Waals surface area (Å²) in [4.78, 5) is 31.3. The molecule has 1 fully saturated rings. The monoisotopic (exact) mass is 414 g/mol. The van der Waals surface area contributed by atoms with Crippen LogP contribution in [-0.4, -0.2) is 36.6 Å². The molecule has 1 aliphatic rings. The van der Waals surface area contributed by atoms with Crippen LogP contribution in [0.5, 0.6) is 0 Å². The minimum atomic E-state index is -1.17. The number of fused-ring (bicyclic) bond motifs is 1. The summed E-state index contributed by atoms with van der Waals surface area (Å²) in [6.45, 7) is 0. The summed E-state index contributed by atoms with van der Waals surface area (Å²) in [6.07, 6.45) is 4.96. The molecule has 0 saturated heterocycles. The summed E-state index contributed by atoms with van der Waals surface area (Å²) in [6, 6.07) is 15.3. The van der Waals surface area contributed by atoms with Gasteiger partial charge < -0.3 is 10.2 Å². The number of aromatic nitrogens is 3. The Morgan fingerprint density at radius 1 is 0.935 bits per heavy atom. The lowest BCUT2D eigenvalue weighted by Gasteiger charge is -2.11. The maximum Gasteiger partial charge on any atom is 0.410 e. The molecule has 0 atom stereocenters. The van der Waals surface area contributed by atoms with Gasteiger partial charge in [-0.2, -0.15) is 0 Å². The quantitative estimate of drug-likeness (QED) is 0.449. The highest BCUT2D eigenvalue weighted by atomic mass is 16.4. The Balaban J connectivity index is 1.47. The molecule has 0 aliphatic heterocycles. The van der Waals surface area contributed by atoms with Gasteiger partial charge in [-0.25, -0.2) is 9.78 Å². The Labute approximate surface area is 176 Å². The molecule has 2 heterocycles. The molecular weight excluding hydrogens is 396 g/mol. The van der Waals surface area contributed by atoms with E-state index in [0.29, 0.717) is 30.0 Å². The van der Waals surface area contributed by atoms with Gasteiger partial charge in [-0.15, -0.1) is 0 Å². The van der Waals surface area contributed by atoms with Gasteiger partial charge in [-0.3, -0.25) is 19.5 Å². The molecule has 3 N–H and O–H groups in total. The standard InChI is InChI=1S/C23H18N4O4/c28-21(29)23(9-10-23)17-7-5-15(6-8-17)14-1-3-16(4-2-14)19-20(26-22(30)31)27-12-11-24-13-18(27)25-19/h1-8,11-13,26H,9-10H2,(H,28,29)(H,30,31). The van der Waals surface area contributed by atoms with E-state index >= 15 is 0 Å². The van der Waals surface area contributed by atoms with E-state index in [1.807, 2.05) is 48.5 Å². The first-order valence-electron chi connectivity index (χ1n) is 9.75. The lowest BCUT2D eigenvalue weighted by atomic mass is 9.93. The molecule has 2 aromatic heterocycles. The van der Waals surface area contributed by atoms with Gasteiger partial charge in [0.1, 0.15) is 11.5 Å². The third kappa shape index (κ3) is 3.18. The minimum Gasteiger partial charge on any atom is -0.481 e. The summed E-state index contributed by atoms with van der Waals surface area (Å²) < 4.78 is 1.64. The summed E-state index contributed by atoms with van der Waals surface area (Å²) in [5.41, 5.74) is 3.86. The van der Waals surface area contributed by atoms with Crippen molar-refractivity contribution in [2.45, 2.75) is 18.3 Å². The average molecular weight is 414 g/mol. The SMILES string of the molecule is O=C(O)Nc1c(-c2ccc(-c3ccc(C4(C(=O)O)CC4)cc3)cc2)nc2cnccn12. The highest BCUT2D eigenvalue weighted by Crippen LogP contribution is 2.48. The van der Waals surface area contributed by atoms with Gasteiger partial charge in [0.25, 0.3) is 0 Å². The molecule has 1 saturated carbocycles. The van der Waals surface area contributed by atoms with Crippen LogP contribution in [0, 0.1) is 0 Å². The van der Waals surface area contributed by atoms with E-state index in [0.717, 1.165) is 22.3 Å². The summed E-state index contributed by atoms with van der Waals surface area (Å²) in [7, 11) is 0. The molecule has 8 heteroatoms. The number of hydrogen-bond donors (Lipinski definition) is 3. The second-order valence-electron chi connectivity index (χ2n) is 7.59. The fraction of sp³-hybridized carbons (Fsp3) is 0.130. The van der Waals surface area contributed by atoms with Crippen molar-refractivity contribution >= 4 is 23.5 Å². The molecule has 0 bridgehead atoms. The average Bonchev–Trinajstić information content (AvgIpc) is 3.52. The van der Waals surface area contributed by atoms with Crippen LogP contribution in [-0.2, 0) is 10.2 Å². The molecule has 5 rings (SSSR count). The van der Waals surface area contributed by atoms with E-state index in [-0.39, 0.29) is 0 Å². The Kier molecular flexibility index (Phi) is 4.21. The van der Waals surface area contributed by atoms with Crippen LogP contribution in [0.25, 0.3) is 28.0 Å². The molecule has 4 aromatic rings. The van der Waals surface area contributed by atoms with Gasteiger partial charge in [-0.1, -0.05) is 48.5 Å². The van der Waals surface area contributed by atoms with Crippen molar-refractivity contribution in [3.05, 3.63) is 72.7 Å². The first-order chi connectivity index (χ1) is 15.0. The van der Waals surface area contributed by atoms with Crippen LogP contribution in [0.1, 0.15) is 18.4 Å². The zero-order valence-electron chi connectivity index (χ0n) is 16.3. The number of nitrogens with zero attached hydrogens (tertiary/aromatic N) is 3. The number of nitrogens with one attached hydrogen (secondary N) is 1. The Bertz CT molecular complexity index is 1310. The number of amides is 1. The Morgan fingerprint density at radius 3 is 2.13 bits per heavy atom. The van der Waals surface area contributed by atoms with Crippen LogP contribution in [0.2, 0.25) is 0 Å². The smallest absolute Gasteiger partial charge is 0.410 e. The summed E-state index contributed by atoms with van der Waals surface area (Å²) in [5.74, 6) is -0.413. The van der Waals surface area contributed by atoms with Crippen LogP contribution in [0.3, 0.4) is 0 Å². The molecular formula is C23H18N4O4. The van der Waals surface area contributed by atoms with E-state index in [1.165, 1.54) is 0 Å². The topological polar surface area (TPSA) is 117 Å². The van der Waals surface area contributed by atoms with Crippen LogP contribution < -0.4 is 5.32 Å². The maximum absolute atomic E-state index is 11.5. The summed E-state index contributed by atoms with van der Waals surface area (Å²) in [5, 5.41) is 21.1. The van der Waals surface area contributed by atoms with Gasteiger partial charge in [-0.05, 0) is 29.5 Å².